The van der Waals surface area contributed by atoms with E-state index >= 15 is 0 Å². The summed E-state index contributed by atoms with van der Waals surface area (Å²) in [5.74, 6) is -1.02. The third kappa shape index (κ3) is 7.74. The number of rotatable bonds is 13. The molecule has 0 radical (unpaired) electrons. The summed E-state index contributed by atoms with van der Waals surface area (Å²) in [6.07, 6.45) is -0.619. The molecule has 4 rings (SSSR count). The first kappa shape index (κ1) is 29.8. The van der Waals surface area contributed by atoms with Crippen LogP contribution < -0.4 is 11.2 Å². The van der Waals surface area contributed by atoms with Gasteiger partial charge in [-0.3, -0.25) is 37.5 Å². The maximum Gasteiger partial charge on any atom is 0.475 e. The number of H-pyrrole nitrogens is 1. The lowest BCUT2D eigenvalue weighted by atomic mass is 10.1. The molecular weight excluding hydrogens is 557 g/mol. The van der Waals surface area contributed by atoms with Gasteiger partial charge in [0.25, 0.3) is 5.56 Å². The number of aromatic amines is 1. The van der Waals surface area contributed by atoms with E-state index in [4.69, 9.17) is 23.8 Å². The second-order valence-electron chi connectivity index (χ2n) is 8.98. The van der Waals surface area contributed by atoms with Crippen molar-refractivity contribution >= 4 is 19.4 Å². The fourth-order valence-electron chi connectivity index (χ4n) is 3.99. The molecule has 0 unspecified atom stereocenters. The fourth-order valence-corrected chi connectivity index (χ4v) is 5.09. The van der Waals surface area contributed by atoms with E-state index in [9.17, 15) is 23.7 Å². The van der Waals surface area contributed by atoms with Crippen LogP contribution >= 0.6 is 7.82 Å². The minimum Gasteiger partial charge on any atom is -0.352 e. The number of ketones is 2. The molecule has 3 aromatic rings. The van der Waals surface area contributed by atoms with Gasteiger partial charge in [-0.1, -0.05) is 65.8 Å². The van der Waals surface area contributed by atoms with Crippen molar-refractivity contribution in [3.05, 3.63) is 115 Å². The first-order valence-electron chi connectivity index (χ1n) is 12.4. The Bertz CT molecular complexity index is 1540. The summed E-state index contributed by atoms with van der Waals surface area (Å²) >= 11 is 0. The number of hydrogen-bond donors (Lipinski definition) is 1. The fraction of sp³-hybridized carbons (Fsp3) is 0.308. The molecular formula is C26H26N5O9P. The maximum absolute atomic E-state index is 13.6. The van der Waals surface area contributed by atoms with E-state index < -0.39 is 68.8 Å². The predicted octanol–water partition coefficient (Wildman–Crippen LogP) is 3.74. The van der Waals surface area contributed by atoms with Gasteiger partial charge in [-0.05, 0) is 12.5 Å². The van der Waals surface area contributed by atoms with Crippen molar-refractivity contribution in [2.75, 3.05) is 19.8 Å². The molecule has 214 valence electrons. The van der Waals surface area contributed by atoms with E-state index in [1.165, 1.54) is 13.1 Å². The molecule has 0 aliphatic carbocycles. The molecule has 1 saturated heterocycles. The van der Waals surface area contributed by atoms with Crippen molar-refractivity contribution in [1.82, 2.24) is 9.55 Å². The number of phosphoric ester groups is 1. The first-order chi connectivity index (χ1) is 19.7. The van der Waals surface area contributed by atoms with E-state index in [-0.39, 0.29) is 12.0 Å². The molecule has 15 heteroatoms. The molecule has 41 heavy (non-hydrogen) atoms. The summed E-state index contributed by atoms with van der Waals surface area (Å²) in [5.41, 5.74) is 8.60. The Hall–Kier alpha value is -4.16. The van der Waals surface area contributed by atoms with Crippen LogP contribution in [0.1, 0.15) is 38.9 Å². The molecule has 3 atom stereocenters. The van der Waals surface area contributed by atoms with Gasteiger partial charge in [0.2, 0.25) is 0 Å². The minimum atomic E-state index is -4.55. The zero-order valence-electron chi connectivity index (χ0n) is 21.8. The zero-order valence-corrected chi connectivity index (χ0v) is 22.7. The number of Topliss-reactive ketones (excluding diaryl/α,β-unsaturated/α-hetero) is 2. The summed E-state index contributed by atoms with van der Waals surface area (Å²) in [6.45, 7) is -0.358. The van der Waals surface area contributed by atoms with Crippen LogP contribution in [0.4, 0.5) is 0 Å². The van der Waals surface area contributed by atoms with E-state index in [2.05, 4.69) is 15.0 Å². The number of phosphoric acid groups is 1. The van der Waals surface area contributed by atoms with Crippen LogP contribution in [0, 0.1) is 6.92 Å². The number of hydrogen-bond acceptors (Lipinski definition) is 10. The normalized spacial score (nSPS) is 18.5. The molecule has 1 aliphatic heterocycles. The Morgan fingerprint density at radius 2 is 1.59 bits per heavy atom. The Morgan fingerprint density at radius 3 is 2.12 bits per heavy atom. The van der Waals surface area contributed by atoms with Crippen molar-refractivity contribution < 1.29 is 32.5 Å². The average Bonchev–Trinajstić information content (AvgIpc) is 3.39. The summed E-state index contributed by atoms with van der Waals surface area (Å²) in [6, 6.07) is 15.4. The number of aromatic nitrogens is 2. The van der Waals surface area contributed by atoms with Crippen molar-refractivity contribution in [2.24, 2.45) is 5.11 Å². The summed E-state index contributed by atoms with van der Waals surface area (Å²) in [4.78, 5) is 54.2. The van der Waals surface area contributed by atoms with Crippen LogP contribution in [-0.4, -0.2) is 53.1 Å². The van der Waals surface area contributed by atoms with Gasteiger partial charge in [0.05, 0.1) is 18.8 Å². The lowest BCUT2D eigenvalue weighted by Crippen LogP contribution is -2.33. The van der Waals surface area contributed by atoms with Crippen molar-refractivity contribution in [1.29, 1.82) is 0 Å². The number of azide groups is 1. The average molecular weight is 583 g/mol. The number of nitrogens with zero attached hydrogens (tertiary/aromatic N) is 4. The molecule has 1 aromatic heterocycles. The van der Waals surface area contributed by atoms with Gasteiger partial charge in [0.1, 0.15) is 19.4 Å². The number of ether oxygens (including phenoxy) is 1. The first-order valence-corrected chi connectivity index (χ1v) is 13.9. The third-order valence-electron chi connectivity index (χ3n) is 6.16. The molecule has 2 heterocycles. The lowest BCUT2D eigenvalue weighted by molar-refractivity contribution is -0.0298. The summed E-state index contributed by atoms with van der Waals surface area (Å²) < 4.78 is 36.6. The Morgan fingerprint density at radius 1 is 1.02 bits per heavy atom. The van der Waals surface area contributed by atoms with E-state index in [1.54, 1.807) is 60.7 Å². The molecule has 0 saturated carbocycles. The SMILES string of the molecule is Cc1cn([C@H]2C[C@H](N=[N+]=[N-])[C@@H](COP(=O)(OCC(=O)c3ccccc3)OCC(=O)c3ccccc3)O2)c(=O)[nH]c1=O. The summed E-state index contributed by atoms with van der Waals surface area (Å²) in [5, 5.41) is 3.69. The molecule has 1 fully saturated rings. The van der Waals surface area contributed by atoms with Crippen LogP contribution in [0.5, 0.6) is 0 Å². The van der Waals surface area contributed by atoms with Gasteiger partial charge >= 0.3 is 13.5 Å². The van der Waals surface area contributed by atoms with Gasteiger partial charge in [0, 0.05) is 34.2 Å². The Kier molecular flexibility index (Phi) is 9.79. The van der Waals surface area contributed by atoms with E-state index in [0.717, 1.165) is 4.57 Å². The minimum absolute atomic E-state index is 0.0362. The Labute approximate surface area is 233 Å². The topological polar surface area (TPSA) is 192 Å². The van der Waals surface area contributed by atoms with Gasteiger partial charge < -0.3 is 4.74 Å². The van der Waals surface area contributed by atoms with Crippen LogP contribution in [0.25, 0.3) is 10.4 Å². The molecule has 1 aliphatic rings. The van der Waals surface area contributed by atoms with Crippen molar-refractivity contribution in [2.45, 2.75) is 31.7 Å². The van der Waals surface area contributed by atoms with Crippen LogP contribution in [-0.2, 0) is 22.9 Å². The summed E-state index contributed by atoms with van der Waals surface area (Å²) in [7, 11) is -4.55. The van der Waals surface area contributed by atoms with Gasteiger partial charge in [-0.2, -0.15) is 0 Å². The van der Waals surface area contributed by atoms with Crippen LogP contribution in [0.15, 0.2) is 81.6 Å². The number of nitrogens with one attached hydrogen (secondary N) is 1. The lowest BCUT2D eigenvalue weighted by Gasteiger charge is -2.21. The molecule has 0 spiro atoms. The second-order valence-corrected chi connectivity index (χ2v) is 10.7. The van der Waals surface area contributed by atoms with Crippen LogP contribution in [0.2, 0.25) is 0 Å². The molecule has 0 bridgehead atoms. The van der Waals surface area contributed by atoms with Crippen LogP contribution in [0.3, 0.4) is 0 Å². The van der Waals surface area contributed by atoms with Crippen molar-refractivity contribution in [3.8, 4) is 0 Å². The maximum atomic E-state index is 13.6. The highest BCUT2D eigenvalue weighted by Gasteiger charge is 2.39. The van der Waals surface area contributed by atoms with Gasteiger partial charge in [0.15, 0.2) is 11.6 Å². The highest BCUT2D eigenvalue weighted by molar-refractivity contribution is 7.48. The number of aryl methyl sites for hydroxylation is 1. The largest absolute Gasteiger partial charge is 0.475 e. The molecule has 0 amide bonds. The van der Waals surface area contributed by atoms with Gasteiger partial charge in [-0.15, -0.1) is 0 Å². The standard InChI is InChI=1S/C26H26N5O9P/c1-17-13-31(26(35)28-25(17)34)24-12-20(29-30-27)23(40-24)16-39-41(36,37-14-21(32)18-8-4-2-5-9-18)38-15-22(33)19-10-6-3-7-11-19/h2-11,13,20,23-24H,12,14-16H2,1H3,(H,28,34,35)/t20-,23+,24+/m0/s1. The Balaban J connectivity index is 1.49. The molecule has 2 aromatic carbocycles. The smallest absolute Gasteiger partial charge is 0.352 e. The molecule has 14 nitrogen and oxygen atoms in total. The van der Waals surface area contributed by atoms with E-state index in [1.807, 2.05) is 0 Å². The quantitative estimate of drug-likeness (QED) is 0.103. The number of carbonyl (C=O) groups excluding carboxylic acids is 2. The monoisotopic (exact) mass is 583 g/mol. The molecule has 1 N–H and O–H groups in total. The highest BCUT2D eigenvalue weighted by atomic mass is 31.2. The third-order valence-corrected chi connectivity index (χ3v) is 7.51. The van der Waals surface area contributed by atoms with Crippen molar-refractivity contribution in [3.63, 3.8) is 0 Å². The second kappa shape index (κ2) is 13.5. The number of carbonyl (C=O) groups is 2. The zero-order chi connectivity index (χ0) is 29.4. The van der Waals surface area contributed by atoms with Gasteiger partial charge in [-0.25, -0.2) is 9.36 Å². The van der Waals surface area contributed by atoms with E-state index in [0.29, 0.717) is 11.1 Å². The predicted molar refractivity (Wildman–Crippen MR) is 145 cm³/mol. The number of benzene rings is 2. The highest BCUT2D eigenvalue weighted by Crippen LogP contribution is 2.50.